The SMILES string of the molecule is CC(=O)CC[C@@H](C)C1CCC2C3CC[C@H]4CC(NCCN5CCCCC5)CCC4(C)C3CCC21C. The molecule has 35 heavy (non-hydrogen) atoms. The third kappa shape index (κ3) is 5.16. The van der Waals surface area contributed by atoms with Gasteiger partial charge in [0.1, 0.15) is 5.78 Å². The number of carbonyl (C=O) groups is 1. The summed E-state index contributed by atoms with van der Waals surface area (Å²) < 4.78 is 0. The Morgan fingerprint density at radius 3 is 2.46 bits per heavy atom. The summed E-state index contributed by atoms with van der Waals surface area (Å²) in [6.07, 6.45) is 19.3. The normalized spacial score (nSPS) is 44.8. The topological polar surface area (TPSA) is 32.3 Å². The molecule has 9 atom stereocenters. The molecule has 0 aromatic heterocycles. The van der Waals surface area contributed by atoms with E-state index in [1.54, 1.807) is 6.92 Å². The lowest BCUT2D eigenvalue weighted by Gasteiger charge is -2.61. The van der Waals surface area contributed by atoms with Crippen molar-refractivity contribution in [3.63, 3.8) is 0 Å². The second-order valence-corrected chi connectivity index (χ2v) is 14.4. The van der Waals surface area contributed by atoms with Gasteiger partial charge in [0.25, 0.3) is 0 Å². The Kier molecular flexibility index (Phi) is 8.05. The molecule has 4 aliphatic carbocycles. The molecule has 4 saturated carbocycles. The number of hydrogen-bond donors (Lipinski definition) is 1. The summed E-state index contributed by atoms with van der Waals surface area (Å²) in [4.78, 5) is 14.3. The van der Waals surface area contributed by atoms with Crippen LogP contribution in [0.5, 0.6) is 0 Å². The number of nitrogens with zero attached hydrogens (tertiary/aromatic N) is 1. The predicted octanol–water partition coefficient (Wildman–Crippen LogP) is 7.09. The molecule has 1 N–H and O–H groups in total. The number of likely N-dealkylation sites (tertiary alicyclic amines) is 1. The molecule has 200 valence electrons. The first kappa shape index (κ1) is 26.2. The second kappa shape index (κ2) is 10.8. The Labute approximate surface area is 216 Å². The van der Waals surface area contributed by atoms with Crippen LogP contribution in [0.25, 0.3) is 0 Å². The van der Waals surface area contributed by atoms with Gasteiger partial charge in [-0.25, -0.2) is 0 Å². The maximum Gasteiger partial charge on any atom is 0.129 e. The van der Waals surface area contributed by atoms with Crippen molar-refractivity contribution in [1.82, 2.24) is 10.2 Å². The minimum Gasteiger partial charge on any atom is -0.313 e. The van der Waals surface area contributed by atoms with E-state index in [2.05, 4.69) is 31.0 Å². The molecular formula is C32H56N2O. The van der Waals surface area contributed by atoms with E-state index in [9.17, 15) is 4.79 Å². The maximum absolute atomic E-state index is 11.6. The molecular weight excluding hydrogens is 428 g/mol. The van der Waals surface area contributed by atoms with E-state index in [4.69, 9.17) is 0 Å². The van der Waals surface area contributed by atoms with E-state index < -0.39 is 0 Å². The molecule has 5 aliphatic rings. The highest BCUT2D eigenvalue weighted by Crippen LogP contribution is 2.68. The highest BCUT2D eigenvalue weighted by atomic mass is 16.1. The van der Waals surface area contributed by atoms with E-state index in [-0.39, 0.29) is 0 Å². The summed E-state index contributed by atoms with van der Waals surface area (Å²) in [5.41, 5.74) is 1.13. The van der Waals surface area contributed by atoms with Gasteiger partial charge in [-0.15, -0.1) is 0 Å². The molecule has 5 fully saturated rings. The zero-order valence-electron chi connectivity index (χ0n) is 23.6. The summed E-state index contributed by atoms with van der Waals surface area (Å²) in [6, 6.07) is 0.765. The Morgan fingerprint density at radius 2 is 1.69 bits per heavy atom. The van der Waals surface area contributed by atoms with Crippen LogP contribution in [0, 0.1) is 46.3 Å². The lowest BCUT2D eigenvalue weighted by molar-refractivity contribution is -0.120. The first-order chi connectivity index (χ1) is 16.8. The van der Waals surface area contributed by atoms with Gasteiger partial charge in [0.15, 0.2) is 0 Å². The van der Waals surface area contributed by atoms with Crippen molar-refractivity contribution in [1.29, 1.82) is 0 Å². The summed E-state index contributed by atoms with van der Waals surface area (Å²) in [7, 11) is 0. The Morgan fingerprint density at radius 1 is 0.943 bits per heavy atom. The van der Waals surface area contributed by atoms with Crippen molar-refractivity contribution in [2.24, 2.45) is 46.3 Å². The lowest BCUT2D eigenvalue weighted by atomic mass is 9.44. The van der Waals surface area contributed by atoms with E-state index in [0.717, 1.165) is 48.5 Å². The van der Waals surface area contributed by atoms with Crippen LogP contribution in [-0.4, -0.2) is 42.9 Å². The number of hydrogen-bond acceptors (Lipinski definition) is 3. The third-order valence-corrected chi connectivity index (χ3v) is 12.7. The fourth-order valence-corrected chi connectivity index (χ4v) is 10.7. The molecule has 7 unspecified atom stereocenters. The molecule has 0 aromatic rings. The van der Waals surface area contributed by atoms with Crippen LogP contribution >= 0.6 is 0 Å². The summed E-state index contributed by atoms with van der Waals surface area (Å²) in [5.74, 6) is 5.78. The first-order valence-electron chi connectivity index (χ1n) is 15.8. The predicted molar refractivity (Wildman–Crippen MR) is 146 cm³/mol. The van der Waals surface area contributed by atoms with Crippen LogP contribution in [0.15, 0.2) is 0 Å². The monoisotopic (exact) mass is 484 g/mol. The quantitative estimate of drug-likeness (QED) is 0.399. The average molecular weight is 485 g/mol. The molecule has 0 spiro atoms. The van der Waals surface area contributed by atoms with E-state index in [1.807, 2.05) is 0 Å². The van der Waals surface area contributed by atoms with Gasteiger partial charge in [0.2, 0.25) is 0 Å². The Balaban J connectivity index is 1.17. The zero-order valence-corrected chi connectivity index (χ0v) is 23.6. The number of fused-ring (bicyclic) bond motifs is 5. The molecule has 1 saturated heterocycles. The number of rotatable bonds is 8. The van der Waals surface area contributed by atoms with Crippen LogP contribution in [0.1, 0.15) is 118 Å². The van der Waals surface area contributed by atoms with Gasteiger partial charge >= 0.3 is 0 Å². The first-order valence-corrected chi connectivity index (χ1v) is 15.8. The highest BCUT2D eigenvalue weighted by molar-refractivity contribution is 5.75. The van der Waals surface area contributed by atoms with E-state index in [1.165, 1.54) is 103 Å². The standard InChI is InChI=1S/C32H56N2O/c1-23(8-9-24(2)35)28-12-13-29-27-11-10-25-22-26(33-18-21-34-19-6-5-7-20-34)14-16-31(25,3)30(27)15-17-32(28,29)4/h23,25-30,33H,5-22H2,1-4H3/t23-,25+,26?,27?,28?,29?,30?,31?,32?/m1/s1. The number of ketones is 1. The summed E-state index contributed by atoms with van der Waals surface area (Å²) in [5, 5.41) is 4.01. The molecule has 3 heteroatoms. The van der Waals surface area contributed by atoms with E-state index in [0.29, 0.717) is 22.5 Å². The van der Waals surface area contributed by atoms with Crippen molar-refractivity contribution in [3.05, 3.63) is 0 Å². The van der Waals surface area contributed by atoms with Crippen LogP contribution < -0.4 is 5.32 Å². The highest BCUT2D eigenvalue weighted by Gasteiger charge is 2.60. The van der Waals surface area contributed by atoms with Gasteiger partial charge in [-0.05, 0) is 143 Å². The van der Waals surface area contributed by atoms with E-state index >= 15 is 0 Å². The minimum absolute atomic E-state index is 0.378. The fraction of sp³-hybridized carbons (Fsp3) is 0.969. The van der Waals surface area contributed by atoms with Gasteiger partial charge in [0.05, 0.1) is 0 Å². The van der Waals surface area contributed by atoms with Gasteiger partial charge in [0, 0.05) is 25.6 Å². The van der Waals surface area contributed by atoms with Crippen molar-refractivity contribution < 1.29 is 4.79 Å². The second-order valence-electron chi connectivity index (χ2n) is 14.4. The van der Waals surface area contributed by atoms with Gasteiger partial charge in [-0.3, -0.25) is 0 Å². The average Bonchev–Trinajstić information content (AvgIpc) is 3.20. The minimum atomic E-state index is 0.378. The smallest absolute Gasteiger partial charge is 0.129 e. The number of Topliss-reactive ketones (excluding diaryl/α,β-unsaturated/α-hetero) is 1. The van der Waals surface area contributed by atoms with Crippen LogP contribution in [0.2, 0.25) is 0 Å². The molecule has 0 radical (unpaired) electrons. The van der Waals surface area contributed by atoms with Gasteiger partial charge < -0.3 is 15.0 Å². The third-order valence-electron chi connectivity index (χ3n) is 12.7. The molecule has 0 amide bonds. The number of nitrogens with one attached hydrogen (secondary N) is 1. The molecule has 1 heterocycles. The van der Waals surface area contributed by atoms with Crippen molar-refractivity contribution in [2.45, 2.75) is 124 Å². The molecule has 3 nitrogen and oxygen atoms in total. The maximum atomic E-state index is 11.6. The Hall–Kier alpha value is -0.410. The van der Waals surface area contributed by atoms with Crippen LogP contribution in [-0.2, 0) is 4.79 Å². The molecule has 5 rings (SSSR count). The fourth-order valence-electron chi connectivity index (χ4n) is 10.7. The lowest BCUT2D eigenvalue weighted by Crippen LogP contribution is -2.55. The Bertz CT molecular complexity index is 731. The molecule has 0 bridgehead atoms. The van der Waals surface area contributed by atoms with Crippen molar-refractivity contribution in [2.75, 3.05) is 26.2 Å². The van der Waals surface area contributed by atoms with Gasteiger partial charge in [-0.1, -0.05) is 27.2 Å². The molecule has 1 aliphatic heterocycles. The largest absolute Gasteiger partial charge is 0.313 e. The van der Waals surface area contributed by atoms with Crippen LogP contribution in [0.4, 0.5) is 0 Å². The van der Waals surface area contributed by atoms with Crippen LogP contribution in [0.3, 0.4) is 0 Å². The van der Waals surface area contributed by atoms with Gasteiger partial charge in [-0.2, -0.15) is 0 Å². The molecule has 0 aromatic carbocycles. The number of carbonyl (C=O) groups excluding carboxylic acids is 1. The van der Waals surface area contributed by atoms with Crippen molar-refractivity contribution in [3.8, 4) is 0 Å². The summed E-state index contributed by atoms with van der Waals surface area (Å²) in [6.45, 7) is 14.7. The number of piperidine rings is 1. The summed E-state index contributed by atoms with van der Waals surface area (Å²) >= 11 is 0. The zero-order chi connectivity index (χ0) is 24.6. The van der Waals surface area contributed by atoms with Crippen molar-refractivity contribution >= 4 is 5.78 Å².